The molecule has 1 N–H and O–H groups in total. The predicted octanol–water partition coefficient (Wildman–Crippen LogP) is 4.91. The summed E-state index contributed by atoms with van der Waals surface area (Å²) in [6, 6.07) is 10.9. The van der Waals surface area contributed by atoms with E-state index in [0.29, 0.717) is 16.3 Å². The highest BCUT2D eigenvalue weighted by Crippen LogP contribution is 2.40. The second kappa shape index (κ2) is 9.61. The van der Waals surface area contributed by atoms with Crippen LogP contribution in [0, 0.1) is 20.8 Å². The summed E-state index contributed by atoms with van der Waals surface area (Å²) in [7, 11) is 0. The van der Waals surface area contributed by atoms with Crippen LogP contribution in [0.2, 0.25) is 0 Å². The number of amides is 1. The number of ether oxygens (including phenoxy) is 2. The third kappa shape index (κ3) is 5.21. The van der Waals surface area contributed by atoms with E-state index in [9.17, 15) is 14.4 Å². The van der Waals surface area contributed by atoms with Gasteiger partial charge in [0, 0.05) is 10.4 Å². The van der Waals surface area contributed by atoms with E-state index >= 15 is 0 Å². The molecule has 31 heavy (non-hydrogen) atoms. The molecular formula is C23H23NO6S. The molecule has 0 spiro atoms. The zero-order valence-corrected chi connectivity index (χ0v) is 18.6. The van der Waals surface area contributed by atoms with E-state index in [1.807, 2.05) is 38.1 Å². The van der Waals surface area contributed by atoms with Crippen molar-refractivity contribution in [3.05, 3.63) is 63.9 Å². The number of furan rings is 1. The monoisotopic (exact) mass is 441 g/mol. The van der Waals surface area contributed by atoms with Crippen LogP contribution in [0.4, 0.5) is 5.00 Å². The van der Waals surface area contributed by atoms with Crippen molar-refractivity contribution in [3.8, 4) is 11.1 Å². The van der Waals surface area contributed by atoms with Crippen LogP contribution in [0.1, 0.15) is 44.0 Å². The average molecular weight is 442 g/mol. The lowest BCUT2D eigenvalue weighted by Gasteiger charge is -2.09. The third-order valence-electron chi connectivity index (χ3n) is 4.43. The van der Waals surface area contributed by atoms with Crippen molar-refractivity contribution < 1.29 is 28.3 Å². The van der Waals surface area contributed by atoms with Gasteiger partial charge in [-0.15, -0.1) is 11.3 Å². The lowest BCUT2D eigenvalue weighted by atomic mass is 10.0. The number of aryl methyl sites for hydroxylation is 3. The highest BCUT2D eigenvalue weighted by molar-refractivity contribution is 7.17. The van der Waals surface area contributed by atoms with Crippen molar-refractivity contribution in [2.45, 2.75) is 27.7 Å². The molecule has 3 rings (SSSR count). The predicted molar refractivity (Wildman–Crippen MR) is 118 cm³/mol. The summed E-state index contributed by atoms with van der Waals surface area (Å²) in [4.78, 5) is 38.0. The normalized spacial score (nSPS) is 10.6. The Morgan fingerprint density at radius 3 is 2.29 bits per heavy atom. The Labute approximate surface area is 184 Å². The quantitative estimate of drug-likeness (QED) is 0.524. The molecule has 1 amide bonds. The summed E-state index contributed by atoms with van der Waals surface area (Å²) in [5.74, 6) is -1.25. The van der Waals surface area contributed by atoms with Crippen molar-refractivity contribution >= 4 is 34.2 Å². The second-order valence-electron chi connectivity index (χ2n) is 6.86. The first-order chi connectivity index (χ1) is 14.8. The van der Waals surface area contributed by atoms with E-state index in [4.69, 9.17) is 13.9 Å². The third-order valence-corrected chi connectivity index (χ3v) is 5.45. The number of hydrogen-bond donors (Lipinski definition) is 1. The lowest BCUT2D eigenvalue weighted by molar-refractivity contribution is -0.119. The molecule has 0 saturated heterocycles. The molecule has 0 aliphatic rings. The second-order valence-corrected chi connectivity index (χ2v) is 8.08. The molecule has 7 nitrogen and oxygen atoms in total. The van der Waals surface area contributed by atoms with Crippen molar-refractivity contribution in [1.29, 1.82) is 0 Å². The smallest absolute Gasteiger partial charge is 0.374 e. The first kappa shape index (κ1) is 22.3. The molecule has 2 aromatic heterocycles. The van der Waals surface area contributed by atoms with E-state index in [0.717, 1.165) is 16.0 Å². The van der Waals surface area contributed by atoms with E-state index in [-0.39, 0.29) is 17.9 Å². The Bertz CT molecular complexity index is 1110. The van der Waals surface area contributed by atoms with Crippen LogP contribution in [-0.2, 0) is 14.3 Å². The molecule has 0 bridgehead atoms. The van der Waals surface area contributed by atoms with Gasteiger partial charge in [0.25, 0.3) is 5.91 Å². The number of carbonyl (C=O) groups excluding carboxylic acids is 3. The Morgan fingerprint density at radius 1 is 0.968 bits per heavy atom. The maximum absolute atomic E-state index is 12.7. The van der Waals surface area contributed by atoms with Crippen molar-refractivity contribution in [2.75, 3.05) is 18.5 Å². The van der Waals surface area contributed by atoms with Crippen LogP contribution in [0.5, 0.6) is 0 Å². The van der Waals surface area contributed by atoms with Gasteiger partial charge in [-0.2, -0.15) is 0 Å². The number of thiophene rings is 1. The summed E-state index contributed by atoms with van der Waals surface area (Å²) in [6.07, 6.45) is 0. The van der Waals surface area contributed by atoms with E-state index < -0.39 is 24.5 Å². The Hall–Kier alpha value is -3.39. The van der Waals surface area contributed by atoms with Crippen LogP contribution < -0.4 is 5.32 Å². The van der Waals surface area contributed by atoms with Gasteiger partial charge in [-0.25, -0.2) is 9.59 Å². The van der Waals surface area contributed by atoms with Gasteiger partial charge in [0.05, 0.1) is 6.61 Å². The zero-order valence-electron chi connectivity index (χ0n) is 17.7. The van der Waals surface area contributed by atoms with Crippen LogP contribution >= 0.6 is 11.3 Å². The maximum Gasteiger partial charge on any atom is 0.374 e. The van der Waals surface area contributed by atoms with Crippen molar-refractivity contribution in [3.63, 3.8) is 0 Å². The highest BCUT2D eigenvalue weighted by Gasteiger charge is 2.26. The molecule has 3 aromatic rings. The van der Waals surface area contributed by atoms with Crippen LogP contribution in [-0.4, -0.2) is 31.1 Å². The topological polar surface area (TPSA) is 94.8 Å². The van der Waals surface area contributed by atoms with E-state index in [1.165, 1.54) is 17.4 Å². The van der Waals surface area contributed by atoms with Crippen LogP contribution in [0.15, 0.2) is 40.8 Å². The average Bonchev–Trinajstić information content (AvgIpc) is 3.30. The minimum absolute atomic E-state index is 0.0196. The molecule has 0 aliphatic heterocycles. The van der Waals surface area contributed by atoms with Crippen molar-refractivity contribution in [1.82, 2.24) is 0 Å². The minimum atomic E-state index is -0.739. The standard InChI is InChI=1S/C23H23NO6S/c1-5-28-23(27)20-19(16-9-6-13(2)7-10-16)15(4)31-21(20)24-18(25)12-29-22(26)17-11-8-14(3)30-17/h6-11H,5,12H2,1-4H3,(H,24,25). The molecule has 0 radical (unpaired) electrons. The molecule has 0 saturated carbocycles. The SMILES string of the molecule is CCOC(=O)c1c(NC(=O)COC(=O)c2ccc(C)o2)sc(C)c1-c1ccc(C)cc1. The Kier molecular flexibility index (Phi) is 6.91. The molecular weight excluding hydrogens is 418 g/mol. The summed E-state index contributed by atoms with van der Waals surface area (Å²) in [6.45, 7) is 6.96. The van der Waals surface area contributed by atoms with Gasteiger partial charge in [0.2, 0.25) is 5.76 Å². The van der Waals surface area contributed by atoms with Gasteiger partial charge in [-0.05, 0) is 45.4 Å². The number of benzene rings is 1. The molecule has 0 aliphatic carbocycles. The summed E-state index contributed by atoms with van der Waals surface area (Å²) >= 11 is 1.26. The molecule has 162 valence electrons. The van der Waals surface area contributed by atoms with Crippen LogP contribution in [0.3, 0.4) is 0 Å². The molecule has 0 fully saturated rings. The summed E-state index contributed by atoms with van der Waals surface area (Å²) < 4.78 is 15.4. The van der Waals surface area contributed by atoms with Gasteiger partial charge in [-0.1, -0.05) is 29.8 Å². The highest BCUT2D eigenvalue weighted by atomic mass is 32.1. The zero-order chi connectivity index (χ0) is 22.5. The summed E-state index contributed by atoms with van der Waals surface area (Å²) in [5, 5.41) is 3.02. The van der Waals surface area contributed by atoms with Gasteiger partial charge in [0.1, 0.15) is 16.3 Å². The van der Waals surface area contributed by atoms with E-state index in [2.05, 4.69) is 5.32 Å². The molecule has 2 heterocycles. The maximum atomic E-state index is 12.7. The Balaban J connectivity index is 1.82. The fraction of sp³-hybridized carbons (Fsp3) is 0.261. The van der Waals surface area contributed by atoms with Gasteiger partial charge in [0.15, 0.2) is 6.61 Å². The number of esters is 2. The Morgan fingerprint density at radius 2 is 1.68 bits per heavy atom. The minimum Gasteiger partial charge on any atom is -0.462 e. The van der Waals surface area contributed by atoms with Gasteiger partial charge < -0.3 is 19.2 Å². The number of rotatable bonds is 7. The first-order valence-electron chi connectivity index (χ1n) is 9.71. The van der Waals surface area contributed by atoms with E-state index in [1.54, 1.807) is 19.9 Å². The number of anilines is 1. The molecule has 0 unspecified atom stereocenters. The van der Waals surface area contributed by atoms with Crippen LogP contribution in [0.25, 0.3) is 11.1 Å². The van der Waals surface area contributed by atoms with Gasteiger partial charge >= 0.3 is 11.9 Å². The number of carbonyl (C=O) groups is 3. The largest absolute Gasteiger partial charge is 0.462 e. The lowest BCUT2D eigenvalue weighted by Crippen LogP contribution is -2.21. The molecule has 8 heteroatoms. The molecule has 0 atom stereocenters. The first-order valence-corrected chi connectivity index (χ1v) is 10.5. The number of nitrogens with one attached hydrogen (secondary N) is 1. The van der Waals surface area contributed by atoms with Crippen molar-refractivity contribution in [2.24, 2.45) is 0 Å². The summed E-state index contributed by atoms with van der Waals surface area (Å²) in [5.41, 5.74) is 2.94. The fourth-order valence-electron chi connectivity index (χ4n) is 3.01. The van der Waals surface area contributed by atoms with Gasteiger partial charge in [-0.3, -0.25) is 4.79 Å². The molecule has 1 aromatic carbocycles. The number of hydrogen-bond acceptors (Lipinski definition) is 7. The fourth-order valence-corrected chi connectivity index (χ4v) is 4.09.